The van der Waals surface area contributed by atoms with Crippen molar-refractivity contribution in [1.29, 1.82) is 0 Å². The van der Waals surface area contributed by atoms with Crippen LogP contribution in [0.2, 0.25) is 5.02 Å². The lowest BCUT2D eigenvalue weighted by molar-refractivity contribution is 0.281. The van der Waals surface area contributed by atoms with Gasteiger partial charge >= 0.3 is 0 Å². The highest BCUT2D eigenvalue weighted by Gasteiger charge is 2.05. The fraction of sp³-hybridized carbons (Fsp3) is 0.400. The van der Waals surface area contributed by atoms with Gasteiger partial charge < -0.3 is 9.84 Å². The molecule has 0 saturated heterocycles. The van der Waals surface area contributed by atoms with Gasteiger partial charge in [-0.1, -0.05) is 17.7 Å². The van der Waals surface area contributed by atoms with Crippen LogP contribution >= 0.6 is 11.6 Å². The number of hydrogen-bond donors (Lipinski definition) is 1. The van der Waals surface area contributed by atoms with E-state index in [0.29, 0.717) is 16.3 Å². The molecular weight excluding hydrogens is 252 g/mol. The molecule has 1 aromatic rings. The van der Waals surface area contributed by atoms with Gasteiger partial charge in [-0.15, -0.1) is 0 Å². The monoisotopic (exact) mass is 264 g/mol. The average molecular weight is 265 g/mol. The summed E-state index contributed by atoms with van der Waals surface area (Å²) in [5.74, 6) is 0.368. The molecule has 1 rings (SSSR count). The number of ether oxygens (including phenoxy) is 1. The molecule has 0 unspecified atom stereocenters. The maximum Gasteiger partial charge on any atom is 0.150 e. The van der Waals surface area contributed by atoms with Crippen molar-refractivity contribution < 1.29 is 18.3 Å². The van der Waals surface area contributed by atoms with Crippen LogP contribution in [-0.4, -0.2) is 32.1 Å². The molecule has 90 valence electrons. The second-order valence-corrected chi connectivity index (χ2v) is 6.07. The molecule has 0 saturated carbocycles. The Morgan fingerprint density at radius 2 is 2.12 bits per heavy atom. The van der Waals surface area contributed by atoms with Crippen LogP contribution in [-0.2, 0) is 16.4 Å². The highest BCUT2D eigenvalue weighted by Crippen LogP contribution is 2.25. The van der Waals surface area contributed by atoms with Crippen molar-refractivity contribution in [3.8, 4) is 5.75 Å². The third-order valence-corrected chi connectivity index (χ3v) is 3.09. The van der Waals surface area contributed by atoms with Gasteiger partial charge in [0, 0.05) is 6.26 Å². The summed E-state index contributed by atoms with van der Waals surface area (Å²) in [5.41, 5.74) is 0.681. The van der Waals surface area contributed by atoms with Gasteiger partial charge in [-0.3, -0.25) is 0 Å². The number of rotatable bonds is 5. The Bertz CT molecular complexity index is 456. The predicted octanol–water partition coefficient (Wildman–Crippen LogP) is 1.26. The number of benzene rings is 1. The van der Waals surface area contributed by atoms with Crippen LogP contribution in [0.25, 0.3) is 0 Å². The molecular formula is C10H13ClO4S. The predicted molar refractivity (Wildman–Crippen MR) is 62.6 cm³/mol. The Labute approximate surface area is 99.7 Å². The SMILES string of the molecule is CS(=O)(=O)CCOc1ccc(CO)cc1Cl. The zero-order chi connectivity index (χ0) is 12.2. The van der Waals surface area contributed by atoms with Crippen LogP contribution in [0.3, 0.4) is 0 Å². The first-order valence-corrected chi connectivity index (χ1v) is 7.06. The average Bonchev–Trinajstić information content (AvgIpc) is 2.18. The van der Waals surface area contributed by atoms with Crippen molar-refractivity contribution in [2.24, 2.45) is 0 Å². The number of aliphatic hydroxyl groups is 1. The van der Waals surface area contributed by atoms with E-state index in [1.165, 1.54) is 0 Å². The van der Waals surface area contributed by atoms with Crippen LogP contribution in [0.1, 0.15) is 5.56 Å². The highest BCUT2D eigenvalue weighted by molar-refractivity contribution is 7.90. The van der Waals surface area contributed by atoms with Gasteiger partial charge in [0.25, 0.3) is 0 Å². The Balaban J connectivity index is 2.61. The third-order valence-electron chi connectivity index (χ3n) is 1.89. The van der Waals surface area contributed by atoms with Crippen molar-refractivity contribution in [3.63, 3.8) is 0 Å². The molecule has 0 radical (unpaired) electrons. The quantitative estimate of drug-likeness (QED) is 0.870. The first-order valence-electron chi connectivity index (χ1n) is 4.62. The van der Waals surface area contributed by atoms with E-state index < -0.39 is 9.84 Å². The summed E-state index contributed by atoms with van der Waals surface area (Å²) in [6.45, 7) is -0.0274. The van der Waals surface area contributed by atoms with Crippen molar-refractivity contribution in [2.45, 2.75) is 6.61 Å². The van der Waals surface area contributed by atoms with Crippen molar-refractivity contribution in [1.82, 2.24) is 0 Å². The maximum absolute atomic E-state index is 10.9. The molecule has 0 aliphatic carbocycles. The summed E-state index contributed by atoms with van der Waals surface area (Å²) >= 11 is 5.87. The molecule has 4 nitrogen and oxygen atoms in total. The number of halogens is 1. The van der Waals surface area contributed by atoms with Gasteiger partial charge in [0.15, 0.2) is 9.84 Å². The van der Waals surface area contributed by atoms with E-state index in [0.717, 1.165) is 6.26 Å². The lowest BCUT2D eigenvalue weighted by Crippen LogP contribution is -2.12. The van der Waals surface area contributed by atoms with E-state index in [4.69, 9.17) is 21.4 Å². The van der Waals surface area contributed by atoms with Crippen molar-refractivity contribution >= 4 is 21.4 Å². The second-order valence-electron chi connectivity index (χ2n) is 3.40. The lowest BCUT2D eigenvalue weighted by Gasteiger charge is -2.08. The van der Waals surface area contributed by atoms with Crippen molar-refractivity contribution in [3.05, 3.63) is 28.8 Å². The molecule has 0 aromatic heterocycles. The zero-order valence-corrected chi connectivity index (χ0v) is 10.4. The van der Waals surface area contributed by atoms with Gasteiger partial charge in [-0.25, -0.2) is 8.42 Å². The van der Waals surface area contributed by atoms with Gasteiger partial charge in [0.2, 0.25) is 0 Å². The van der Waals surface area contributed by atoms with Gasteiger partial charge in [-0.2, -0.15) is 0 Å². The van der Waals surface area contributed by atoms with Crippen LogP contribution in [0.5, 0.6) is 5.75 Å². The Morgan fingerprint density at radius 3 is 2.62 bits per heavy atom. The van der Waals surface area contributed by atoms with E-state index in [2.05, 4.69) is 0 Å². The first kappa shape index (κ1) is 13.3. The fourth-order valence-electron chi connectivity index (χ4n) is 1.06. The summed E-state index contributed by atoms with van der Waals surface area (Å²) in [7, 11) is -3.03. The van der Waals surface area contributed by atoms with Crippen LogP contribution in [0.4, 0.5) is 0 Å². The molecule has 1 aromatic carbocycles. The topological polar surface area (TPSA) is 63.6 Å². The molecule has 0 heterocycles. The highest BCUT2D eigenvalue weighted by atomic mass is 35.5. The molecule has 0 aliphatic heterocycles. The Kier molecular flexibility index (Phi) is 4.58. The van der Waals surface area contributed by atoms with E-state index in [9.17, 15) is 8.42 Å². The number of sulfone groups is 1. The molecule has 0 aliphatic rings. The summed E-state index contributed by atoms with van der Waals surface area (Å²) in [4.78, 5) is 0. The van der Waals surface area contributed by atoms with E-state index >= 15 is 0 Å². The standard InChI is InChI=1S/C10H13ClO4S/c1-16(13,14)5-4-15-10-3-2-8(7-12)6-9(10)11/h2-3,6,12H,4-5,7H2,1H3. The maximum atomic E-state index is 10.9. The summed E-state index contributed by atoms with van der Waals surface area (Å²) in [6.07, 6.45) is 1.15. The molecule has 0 spiro atoms. The molecule has 0 bridgehead atoms. The Morgan fingerprint density at radius 1 is 1.44 bits per heavy atom. The van der Waals surface area contributed by atoms with Crippen LogP contribution < -0.4 is 4.74 Å². The number of aliphatic hydroxyl groups excluding tert-OH is 1. The summed E-state index contributed by atoms with van der Waals surface area (Å²) in [6, 6.07) is 4.86. The minimum Gasteiger partial charge on any atom is -0.491 e. The van der Waals surface area contributed by atoms with Crippen LogP contribution in [0.15, 0.2) is 18.2 Å². The molecule has 16 heavy (non-hydrogen) atoms. The van der Waals surface area contributed by atoms with Crippen molar-refractivity contribution in [2.75, 3.05) is 18.6 Å². The fourth-order valence-corrected chi connectivity index (χ4v) is 1.71. The van der Waals surface area contributed by atoms with E-state index in [1.54, 1.807) is 18.2 Å². The number of hydrogen-bond acceptors (Lipinski definition) is 4. The van der Waals surface area contributed by atoms with Gasteiger partial charge in [0.1, 0.15) is 12.4 Å². The summed E-state index contributed by atoms with van der Waals surface area (Å²) in [5, 5.41) is 9.22. The molecule has 6 heteroatoms. The molecule has 1 N–H and O–H groups in total. The Hall–Kier alpha value is -0.780. The lowest BCUT2D eigenvalue weighted by atomic mass is 10.2. The summed E-state index contributed by atoms with van der Waals surface area (Å²) < 4.78 is 26.9. The largest absolute Gasteiger partial charge is 0.491 e. The normalized spacial score (nSPS) is 11.4. The molecule has 0 fully saturated rings. The minimum atomic E-state index is -3.03. The van der Waals surface area contributed by atoms with E-state index in [1.807, 2.05) is 0 Å². The first-order chi connectivity index (χ1) is 7.42. The minimum absolute atomic E-state index is 0.0505. The van der Waals surface area contributed by atoms with Crippen LogP contribution in [0, 0.1) is 0 Å². The molecule has 0 atom stereocenters. The second kappa shape index (κ2) is 5.52. The molecule has 0 amide bonds. The smallest absolute Gasteiger partial charge is 0.150 e. The van der Waals surface area contributed by atoms with E-state index in [-0.39, 0.29) is 19.0 Å². The third kappa shape index (κ3) is 4.38. The zero-order valence-electron chi connectivity index (χ0n) is 8.81. The van der Waals surface area contributed by atoms with Gasteiger partial charge in [0.05, 0.1) is 17.4 Å². The van der Waals surface area contributed by atoms with Gasteiger partial charge in [-0.05, 0) is 17.7 Å².